The van der Waals surface area contributed by atoms with Gasteiger partial charge < -0.3 is 10.6 Å². The van der Waals surface area contributed by atoms with E-state index in [0.717, 1.165) is 17.7 Å². The summed E-state index contributed by atoms with van der Waals surface area (Å²) in [6.45, 7) is 6.92. The SMILES string of the molecule is CCC(C)(C)N(C)c1cccc(F)c1CCN. The zero-order chi connectivity index (χ0) is 13.1. The molecule has 0 spiro atoms. The summed E-state index contributed by atoms with van der Waals surface area (Å²) < 4.78 is 13.8. The molecule has 2 nitrogen and oxygen atoms in total. The monoisotopic (exact) mass is 238 g/mol. The van der Waals surface area contributed by atoms with Crippen LogP contribution in [0.1, 0.15) is 32.8 Å². The Kier molecular flexibility index (Phi) is 4.52. The molecule has 0 amide bonds. The van der Waals surface area contributed by atoms with Crippen LogP contribution < -0.4 is 10.6 Å². The van der Waals surface area contributed by atoms with Crippen molar-refractivity contribution in [2.45, 2.75) is 39.2 Å². The number of hydrogen-bond acceptors (Lipinski definition) is 2. The number of anilines is 1. The Labute approximate surface area is 104 Å². The van der Waals surface area contributed by atoms with E-state index in [4.69, 9.17) is 5.73 Å². The van der Waals surface area contributed by atoms with Crippen LogP contribution in [0.2, 0.25) is 0 Å². The zero-order valence-corrected chi connectivity index (χ0v) is 11.3. The lowest BCUT2D eigenvalue weighted by Gasteiger charge is -2.38. The Balaban J connectivity index is 3.17. The minimum Gasteiger partial charge on any atom is -0.369 e. The van der Waals surface area contributed by atoms with Crippen LogP contribution in [-0.2, 0) is 6.42 Å². The number of nitrogens with two attached hydrogens (primary N) is 1. The first-order valence-electron chi connectivity index (χ1n) is 6.15. The summed E-state index contributed by atoms with van der Waals surface area (Å²) in [5.41, 5.74) is 7.23. The van der Waals surface area contributed by atoms with Gasteiger partial charge in [0.25, 0.3) is 0 Å². The van der Waals surface area contributed by atoms with Crippen molar-refractivity contribution >= 4 is 5.69 Å². The van der Waals surface area contributed by atoms with E-state index in [-0.39, 0.29) is 11.4 Å². The van der Waals surface area contributed by atoms with Crippen LogP contribution in [-0.4, -0.2) is 19.1 Å². The largest absolute Gasteiger partial charge is 0.369 e. The van der Waals surface area contributed by atoms with E-state index in [2.05, 4.69) is 25.7 Å². The summed E-state index contributed by atoms with van der Waals surface area (Å²) in [6, 6.07) is 5.22. The smallest absolute Gasteiger partial charge is 0.128 e. The van der Waals surface area contributed by atoms with E-state index >= 15 is 0 Å². The predicted molar refractivity (Wildman–Crippen MR) is 71.9 cm³/mol. The average Bonchev–Trinajstić information content (AvgIpc) is 2.31. The fraction of sp³-hybridized carbons (Fsp3) is 0.571. The molecule has 0 aliphatic heterocycles. The van der Waals surface area contributed by atoms with Gasteiger partial charge in [-0.2, -0.15) is 0 Å². The molecule has 1 aromatic carbocycles. The van der Waals surface area contributed by atoms with Crippen LogP contribution in [0.3, 0.4) is 0 Å². The molecule has 0 saturated heterocycles. The fourth-order valence-electron chi connectivity index (χ4n) is 1.82. The van der Waals surface area contributed by atoms with Crippen molar-refractivity contribution in [3.63, 3.8) is 0 Å². The van der Waals surface area contributed by atoms with Crippen molar-refractivity contribution in [3.8, 4) is 0 Å². The maximum Gasteiger partial charge on any atom is 0.128 e. The summed E-state index contributed by atoms with van der Waals surface area (Å²) in [5, 5.41) is 0. The first kappa shape index (κ1) is 14.0. The van der Waals surface area contributed by atoms with Crippen molar-refractivity contribution in [2.75, 3.05) is 18.5 Å². The number of benzene rings is 1. The molecule has 96 valence electrons. The topological polar surface area (TPSA) is 29.3 Å². The quantitative estimate of drug-likeness (QED) is 0.854. The highest BCUT2D eigenvalue weighted by Crippen LogP contribution is 2.29. The normalized spacial score (nSPS) is 11.6. The summed E-state index contributed by atoms with van der Waals surface area (Å²) in [7, 11) is 2.01. The molecule has 0 saturated carbocycles. The van der Waals surface area contributed by atoms with E-state index in [0.29, 0.717) is 13.0 Å². The van der Waals surface area contributed by atoms with Crippen LogP contribution in [0.15, 0.2) is 18.2 Å². The van der Waals surface area contributed by atoms with E-state index < -0.39 is 0 Å². The van der Waals surface area contributed by atoms with E-state index in [9.17, 15) is 4.39 Å². The minimum absolute atomic E-state index is 0.0111. The summed E-state index contributed by atoms with van der Waals surface area (Å²) >= 11 is 0. The summed E-state index contributed by atoms with van der Waals surface area (Å²) in [6.07, 6.45) is 1.58. The molecule has 0 aromatic heterocycles. The third kappa shape index (κ3) is 2.97. The highest BCUT2D eigenvalue weighted by molar-refractivity contribution is 5.55. The summed E-state index contributed by atoms with van der Waals surface area (Å²) in [4.78, 5) is 2.14. The van der Waals surface area contributed by atoms with Gasteiger partial charge in [0, 0.05) is 23.8 Å². The molecule has 0 atom stereocenters. The molecule has 0 aliphatic carbocycles. The van der Waals surface area contributed by atoms with Gasteiger partial charge in [0.15, 0.2) is 0 Å². The average molecular weight is 238 g/mol. The molecule has 0 heterocycles. The second-order valence-corrected chi connectivity index (χ2v) is 5.00. The van der Waals surface area contributed by atoms with E-state index in [1.807, 2.05) is 13.1 Å². The second-order valence-electron chi connectivity index (χ2n) is 5.00. The standard InChI is InChI=1S/C14H23FN2/c1-5-14(2,3)17(4)13-8-6-7-12(15)11(13)9-10-16/h6-8H,5,9-10,16H2,1-4H3. The Morgan fingerprint density at radius 1 is 1.35 bits per heavy atom. The van der Waals surface area contributed by atoms with Crippen molar-refractivity contribution in [1.82, 2.24) is 0 Å². The lowest BCUT2D eigenvalue weighted by Crippen LogP contribution is -2.41. The molecule has 1 rings (SSSR count). The molecule has 0 aliphatic rings. The first-order valence-corrected chi connectivity index (χ1v) is 6.15. The predicted octanol–water partition coefficient (Wildman–Crippen LogP) is 2.95. The lowest BCUT2D eigenvalue weighted by atomic mass is 9.97. The van der Waals surface area contributed by atoms with Crippen molar-refractivity contribution in [3.05, 3.63) is 29.6 Å². The molecule has 0 bridgehead atoms. The van der Waals surface area contributed by atoms with Gasteiger partial charge in [-0.05, 0) is 45.4 Å². The van der Waals surface area contributed by atoms with Gasteiger partial charge in [-0.1, -0.05) is 13.0 Å². The Hall–Kier alpha value is -1.09. The molecule has 0 fully saturated rings. The van der Waals surface area contributed by atoms with Crippen molar-refractivity contribution in [2.24, 2.45) is 5.73 Å². The molecule has 2 N–H and O–H groups in total. The van der Waals surface area contributed by atoms with Crippen LogP contribution in [0, 0.1) is 5.82 Å². The number of hydrogen-bond donors (Lipinski definition) is 1. The van der Waals surface area contributed by atoms with Gasteiger partial charge in [0.1, 0.15) is 5.82 Å². The van der Waals surface area contributed by atoms with E-state index in [1.165, 1.54) is 6.07 Å². The highest BCUT2D eigenvalue weighted by Gasteiger charge is 2.24. The molecular formula is C14H23FN2. The number of halogens is 1. The maximum atomic E-state index is 13.8. The molecule has 0 unspecified atom stereocenters. The third-order valence-electron chi connectivity index (χ3n) is 3.62. The Morgan fingerprint density at radius 3 is 2.53 bits per heavy atom. The van der Waals surface area contributed by atoms with Gasteiger partial charge >= 0.3 is 0 Å². The zero-order valence-electron chi connectivity index (χ0n) is 11.3. The first-order chi connectivity index (χ1) is 7.94. The molecule has 1 aromatic rings. The molecule has 3 heteroatoms. The molecular weight excluding hydrogens is 215 g/mol. The Bertz CT molecular complexity index is 374. The molecule has 0 radical (unpaired) electrons. The Morgan fingerprint density at radius 2 is 2.00 bits per heavy atom. The van der Waals surface area contributed by atoms with Crippen molar-refractivity contribution in [1.29, 1.82) is 0 Å². The van der Waals surface area contributed by atoms with Gasteiger partial charge in [0.05, 0.1) is 0 Å². The summed E-state index contributed by atoms with van der Waals surface area (Å²) in [5.74, 6) is -0.160. The number of nitrogens with zero attached hydrogens (tertiary/aromatic N) is 1. The van der Waals surface area contributed by atoms with Crippen LogP contribution >= 0.6 is 0 Å². The van der Waals surface area contributed by atoms with Crippen molar-refractivity contribution < 1.29 is 4.39 Å². The van der Waals surface area contributed by atoms with E-state index in [1.54, 1.807) is 6.07 Å². The van der Waals surface area contributed by atoms with Crippen LogP contribution in [0.5, 0.6) is 0 Å². The van der Waals surface area contributed by atoms with Crippen LogP contribution in [0.4, 0.5) is 10.1 Å². The second kappa shape index (κ2) is 5.50. The van der Waals surface area contributed by atoms with Crippen LogP contribution in [0.25, 0.3) is 0 Å². The molecule has 17 heavy (non-hydrogen) atoms. The fourth-order valence-corrected chi connectivity index (χ4v) is 1.82. The minimum atomic E-state index is -0.160. The van der Waals surface area contributed by atoms with Gasteiger partial charge in [0.2, 0.25) is 0 Å². The number of rotatable bonds is 5. The van der Waals surface area contributed by atoms with Gasteiger partial charge in [-0.25, -0.2) is 4.39 Å². The van der Waals surface area contributed by atoms with Gasteiger partial charge in [-0.15, -0.1) is 0 Å². The lowest BCUT2D eigenvalue weighted by molar-refractivity contribution is 0.468. The third-order valence-corrected chi connectivity index (χ3v) is 3.62. The maximum absolute atomic E-state index is 13.8. The van der Waals surface area contributed by atoms with Gasteiger partial charge in [-0.3, -0.25) is 0 Å². The highest BCUT2D eigenvalue weighted by atomic mass is 19.1.